The van der Waals surface area contributed by atoms with Crippen LogP contribution in [0.5, 0.6) is 0 Å². The fourth-order valence-corrected chi connectivity index (χ4v) is 1.69. The van der Waals surface area contributed by atoms with E-state index in [1.807, 2.05) is 20.0 Å². The molecule has 0 fully saturated rings. The smallest absolute Gasteiger partial charge is 0.225 e. The van der Waals surface area contributed by atoms with E-state index in [1.165, 1.54) is 6.42 Å². The fraction of sp³-hybridized carbons (Fsp3) is 0.667. The van der Waals surface area contributed by atoms with Crippen molar-refractivity contribution < 1.29 is 0 Å². The lowest BCUT2D eigenvalue weighted by atomic mass is 10.2. The molecule has 0 radical (unpaired) electrons. The van der Waals surface area contributed by atoms with Gasteiger partial charge in [-0.05, 0) is 26.3 Å². The number of nitrogens with zero attached hydrogens (tertiary/aromatic N) is 3. The molecule has 1 aromatic heterocycles. The van der Waals surface area contributed by atoms with Crippen molar-refractivity contribution >= 4 is 5.95 Å². The Morgan fingerprint density at radius 2 is 2.12 bits per heavy atom. The maximum atomic E-state index is 5.61. The Morgan fingerprint density at radius 1 is 1.44 bits per heavy atom. The van der Waals surface area contributed by atoms with E-state index in [9.17, 15) is 0 Å². The number of aromatic nitrogens is 2. The highest BCUT2D eigenvalue weighted by atomic mass is 15.2. The molecule has 1 heterocycles. The Balaban J connectivity index is 2.89. The second kappa shape index (κ2) is 5.80. The molecule has 1 unspecified atom stereocenters. The van der Waals surface area contributed by atoms with E-state index in [2.05, 4.69) is 28.7 Å². The van der Waals surface area contributed by atoms with Gasteiger partial charge in [0.05, 0.1) is 5.69 Å². The van der Waals surface area contributed by atoms with Gasteiger partial charge in [0.15, 0.2) is 0 Å². The van der Waals surface area contributed by atoms with Gasteiger partial charge in [-0.25, -0.2) is 9.97 Å². The lowest BCUT2D eigenvalue weighted by Crippen LogP contribution is -2.30. The van der Waals surface area contributed by atoms with Crippen molar-refractivity contribution in [2.75, 3.05) is 11.9 Å². The highest BCUT2D eigenvalue weighted by Gasteiger charge is 2.12. The largest absolute Gasteiger partial charge is 0.341 e. The molecule has 2 N–H and O–H groups in total. The van der Waals surface area contributed by atoms with E-state index in [1.54, 1.807) is 0 Å². The van der Waals surface area contributed by atoms with Gasteiger partial charge in [-0.1, -0.05) is 13.3 Å². The highest BCUT2D eigenvalue weighted by Crippen LogP contribution is 2.13. The molecule has 0 bridgehead atoms. The maximum Gasteiger partial charge on any atom is 0.225 e. The van der Waals surface area contributed by atoms with Crippen molar-refractivity contribution in [3.63, 3.8) is 0 Å². The van der Waals surface area contributed by atoms with Crippen LogP contribution in [-0.2, 0) is 6.54 Å². The van der Waals surface area contributed by atoms with Crippen LogP contribution in [0.1, 0.15) is 38.1 Å². The highest BCUT2D eigenvalue weighted by molar-refractivity contribution is 5.32. The molecule has 0 saturated carbocycles. The number of hydrogen-bond acceptors (Lipinski definition) is 4. The Hall–Kier alpha value is -1.16. The van der Waals surface area contributed by atoms with Gasteiger partial charge in [-0.15, -0.1) is 0 Å². The van der Waals surface area contributed by atoms with Gasteiger partial charge in [0.25, 0.3) is 0 Å². The third-order valence-corrected chi connectivity index (χ3v) is 2.79. The number of hydrogen-bond donors (Lipinski definition) is 1. The molecular weight excluding hydrogens is 200 g/mol. The summed E-state index contributed by atoms with van der Waals surface area (Å²) in [5, 5.41) is 0. The zero-order chi connectivity index (χ0) is 12.1. The van der Waals surface area contributed by atoms with Crippen molar-refractivity contribution in [2.45, 2.75) is 46.2 Å². The standard InChI is InChI=1S/C12H22N4/c1-5-6-10(3)16(4)12-14-9(2)7-11(8-13)15-12/h7,10H,5-6,8,13H2,1-4H3. The van der Waals surface area contributed by atoms with Crippen molar-refractivity contribution in [2.24, 2.45) is 5.73 Å². The molecule has 0 aliphatic rings. The summed E-state index contributed by atoms with van der Waals surface area (Å²) in [7, 11) is 2.04. The molecular formula is C12H22N4. The van der Waals surface area contributed by atoms with Crippen LogP contribution in [0, 0.1) is 6.92 Å². The molecule has 1 atom stereocenters. The average molecular weight is 222 g/mol. The van der Waals surface area contributed by atoms with E-state index < -0.39 is 0 Å². The van der Waals surface area contributed by atoms with Crippen LogP contribution in [-0.4, -0.2) is 23.1 Å². The minimum Gasteiger partial charge on any atom is -0.341 e. The summed E-state index contributed by atoms with van der Waals surface area (Å²) in [6, 6.07) is 2.39. The first-order chi connectivity index (χ1) is 7.58. The van der Waals surface area contributed by atoms with Crippen molar-refractivity contribution in [1.29, 1.82) is 0 Å². The van der Waals surface area contributed by atoms with E-state index >= 15 is 0 Å². The lowest BCUT2D eigenvalue weighted by molar-refractivity contribution is 0.603. The second-order valence-corrected chi connectivity index (χ2v) is 4.25. The Morgan fingerprint density at radius 3 is 2.69 bits per heavy atom. The molecule has 0 aliphatic heterocycles. The molecule has 0 aliphatic carbocycles. The first kappa shape index (κ1) is 12.9. The Labute approximate surface area is 97.9 Å². The first-order valence-electron chi connectivity index (χ1n) is 5.86. The monoisotopic (exact) mass is 222 g/mol. The zero-order valence-electron chi connectivity index (χ0n) is 10.7. The molecule has 0 aromatic carbocycles. The first-order valence-corrected chi connectivity index (χ1v) is 5.86. The van der Waals surface area contributed by atoms with Crippen molar-refractivity contribution in [3.05, 3.63) is 17.5 Å². The fourth-order valence-electron chi connectivity index (χ4n) is 1.69. The number of aryl methyl sites for hydroxylation is 1. The SMILES string of the molecule is CCCC(C)N(C)c1nc(C)cc(CN)n1. The van der Waals surface area contributed by atoms with Gasteiger partial charge < -0.3 is 10.6 Å². The quantitative estimate of drug-likeness (QED) is 0.826. The molecule has 1 rings (SSSR count). The topological polar surface area (TPSA) is 55.0 Å². The summed E-state index contributed by atoms with van der Waals surface area (Å²) in [6.07, 6.45) is 2.31. The van der Waals surface area contributed by atoms with Crippen LogP contribution in [0.15, 0.2) is 6.07 Å². The zero-order valence-corrected chi connectivity index (χ0v) is 10.7. The molecule has 4 heteroatoms. The molecule has 0 spiro atoms. The van der Waals surface area contributed by atoms with Crippen molar-refractivity contribution in [3.8, 4) is 0 Å². The summed E-state index contributed by atoms with van der Waals surface area (Å²) in [6.45, 7) is 6.82. The van der Waals surface area contributed by atoms with Crippen LogP contribution < -0.4 is 10.6 Å². The van der Waals surface area contributed by atoms with Crippen LogP contribution >= 0.6 is 0 Å². The Bertz CT molecular complexity index is 338. The van der Waals surface area contributed by atoms with Crippen LogP contribution in [0.25, 0.3) is 0 Å². The minimum absolute atomic E-state index is 0.456. The molecule has 0 saturated heterocycles. The van der Waals surface area contributed by atoms with Crippen LogP contribution in [0.2, 0.25) is 0 Å². The van der Waals surface area contributed by atoms with E-state index in [0.717, 1.165) is 23.8 Å². The summed E-state index contributed by atoms with van der Waals surface area (Å²) in [4.78, 5) is 11.0. The number of anilines is 1. The maximum absolute atomic E-state index is 5.61. The normalized spacial score (nSPS) is 12.6. The summed E-state index contributed by atoms with van der Waals surface area (Å²) < 4.78 is 0. The van der Waals surface area contributed by atoms with E-state index in [-0.39, 0.29) is 0 Å². The van der Waals surface area contributed by atoms with Crippen LogP contribution in [0.4, 0.5) is 5.95 Å². The summed E-state index contributed by atoms with van der Waals surface area (Å²) in [5.74, 6) is 0.779. The molecule has 4 nitrogen and oxygen atoms in total. The molecule has 90 valence electrons. The average Bonchev–Trinajstić information content (AvgIpc) is 2.27. The van der Waals surface area contributed by atoms with Gasteiger partial charge in [0, 0.05) is 25.3 Å². The van der Waals surface area contributed by atoms with Crippen molar-refractivity contribution in [1.82, 2.24) is 9.97 Å². The third-order valence-electron chi connectivity index (χ3n) is 2.79. The van der Waals surface area contributed by atoms with E-state index in [4.69, 9.17) is 5.73 Å². The van der Waals surface area contributed by atoms with Gasteiger partial charge in [0.2, 0.25) is 5.95 Å². The second-order valence-electron chi connectivity index (χ2n) is 4.25. The Kier molecular flexibility index (Phi) is 4.68. The van der Waals surface area contributed by atoms with Gasteiger partial charge in [-0.2, -0.15) is 0 Å². The number of rotatable bonds is 5. The molecule has 1 aromatic rings. The van der Waals surface area contributed by atoms with Crippen LogP contribution in [0.3, 0.4) is 0 Å². The molecule has 0 amide bonds. The van der Waals surface area contributed by atoms with E-state index in [0.29, 0.717) is 12.6 Å². The number of nitrogens with two attached hydrogens (primary N) is 1. The molecule has 16 heavy (non-hydrogen) atoms. The predicted molar refractivity (Wildman–Crippen MR) is 67.4 cm³/mol. The predicted octanol–water partition coefficient (Wildman–Crippen LogP) is 1.87. The third kappa shape index (κ3) is 3.17. The lowest BCUT2D eigenvalue weighted by Gasteiger charge is -2.25. The summed E-state index contributed by atoms with van der Waals surface area (Å²) in [5.41, 5.74) is 7.49. The van der Waals surface area contributed by atoms with Gasteiger partial charge in [0.1, 0.15) is 0 Å². The van der Waals surface area contributed by atoms with Gasteiger partial charge >= 0.3 is 0 Å². The van der Waals surface area contributed by atoms with Gasteiger partial charge in [-0.3, -0.25) is 0 Å². The minimum atomic E-state index is 0.456. The summed E-state index contributed by atoms with van der Waals surface area (Å²) >= 11 is 0.